The molecule has 2 rings (SSSR count). The largest absolute Gasteiger partial charge is 0.491 e. The number of ether oxygens (including phenoxy) is 1. The average molecular weight is 296 g/mol. The van der Waals surface area contributed by atoms with E-state index in [1.54, 1.807) is 6.07 Å². The third kappa shape index (κ3) is 3.79. The van der Waals surface area contributed by atoms with Gasteiger partial charge in [-0.3, -0.25) is 0 Å². The maximum Gasteiger partial charge on any atom is 0.122 e. The number of benzene rings is 2. The van der Waals surface area contributed by atoms with E-state index in [4.69, 9.17) is 27.9 Å². The van der Waals surface area contributed by atoms with Crippen molar-refractivity contribution < 1.29 is 4.74 Å². The molecule has 0 heterocycles. The zero-order valence-corrected chi connectivity index (χ0v) is 12.1. The van der Waals surface area contributed by atoms with Crippen molar-refractivity contribution in [1.29, 1.82) is 0 Å². The quantitative estimate of drug-likeness (QED) is 0.801. The molecule has 0 saturated heterocycles. The molecule has 0 amide bonds. The third-order valence-electron chi connectivity index (χ3n) is 2.72. The van der Waals surface area contributed by atoms with Gasteiger partial charge >= 0.3 is 0 Å². The first kappa shape index (κ1) is 14.0. The summed E-state index contributed by atoms with van der Waals surface area (Å²) in [6.07, 6.45) is 0. The van der Waals surface area contributed by atoms with E-state index >= 15 is 0 Å². The molecule has 100 valence electrons. The molecule has 1 N–H and O–H groups in total. The third-order valence-corrected chi connectivity index (χ3v) is 3.54. The number of hydrogen-bond acceptors (Lipinski definition) is 2. The van der Waals surface area contributed by atoms with Gasteiger partial charge in [0, 0.05) is 6.54 Å². The molecule has 4 heteroatoms. The minimum Gasteiger partial charge on any atom is -0.491 e. The highest BCUT2D eigenvalue weighted by molar-refractivity contribution is 6.43. The highest BCUT2D eigenvalue weighted by Crippen LogP contribution is 2.29. The van der Waals surface area contributed by atoms with Gasteiger partial charge in [0.2, 0.25) is 0 Å². The second-order valence-corrected chi connectivity index (χ2v) is 4.93. The van der Waals surface area contributed by atoms with Crippen molar-refractivity contribution in [2.75, 3.05) is 18.5 Å². The lowest BCUT2D eigenvalue weighted by molar-refractivity contribution is 0.330. The van der Waals surface area contributed by atoms with Crippen LogP contribution in [0.1, 0.15) is 5.56 Å². The average Bonchev–Trinajstić information content (AvgIpc) is 2.41. The zero-order chi connectivity index (χ0) is 13.7. The van der Waals surface area contributed by atoms with Gasteiger partial charge in [-0.1, -0.05) is 47.5 Å². The number of anilines is 1. The molecule has 0 fully saturated rings. The summed E-state index contributed by atoms with van der Waals surface area (Å²) in [5.74, 6) is 0.904. The van der Waals surface area contributed by atoms with Crippen molar-refractivity contribution >= 4 is 28.9 Å². The lowest BCUT2D eigenvalue weighted by Gasteiger charge is -2.11. The highest BCUT2D eigenvalue weighted by atomic mass is 35.5. The smallest absolute Gasteiger partial charge is 0.122 e. The summed E-state index contributed by atoms with van der Waals surface area (Å²) in [6, 6.07) is 13.5. The van der Waals surface area contributed by atoms with Crippen LogP contribution in [-0.4, -0.2) is 13.2 Å². The molecule has 0 aliphatic carbocycles. The molecule has 0 spiro atoms. The van der Waals surface area contributed by atoms with Crippen LogP contribution in [0.15, 0.2) is 42.5 Å². The molecule has 2 aromatic rings. The fourth-order valence-corrected chi connectivity index (χ4v) is 2.07. The van der Waals surface area contributed by atoms with Gasteiger partial charge in [-0.2, -0.15) is 0 Å². The molecule has 0 bridgehead atoms. The van der Waals surface area contributed by atoms with Crippen molar-refractivity contribution in [2.45, 2.75) is 6.92 Å². The molecular formula is C15H15Cl2NO. The molecule has 0 aromatic heterocycles. The van der Waals surface area contributed by atoms with Gasteiger partial charge in [-0.25, -0.2) is 0 Å². The Morgan fingerprint density at radius 2 is 1.84 bits per heavy atom. The molecule has 0 aliphatic rings. The van der Waals surface area contributed by atoms with Crippen LogP contribution in [0.3, 0.4) is 0 Å². The first-order chi connectivity index (χ1) is 9.18. The van der Waals surface area contributed by atoms with Gasteiger partial charge in [0.15, 0.2) is 0 Å². The van der Waals surface area contributed by atoms with Gasteiger partial charge in [0.25, 0.3) is 0 Å². The summed E-state index contributed by atoms with van der Waals surface area (Å²) in [4.78, 5) is 0. The first-order valence-corrected chi connectivity index (χ1v) is 6.80. The molecule has 0 atom stereocenters. The number of para-hydroxylation sites is 1. The Labute approximate surface area is 123 Å². The number of halogens is 2. The highest BCUT2D eigenvalue weighted by Gasteiger charge is 2.03. The van der Waals surface area contributed by atoms with Crippen LogP contribution in [0.25, 0.3) is 0 Å². The topological polar surface area (TPSA) is 21.3 Å². The Morgan fingerprint density at radius 3 is 2.63 bits per heavy atom. The predicted molar refractivity (Wildman–Crippen MR) is 81.6 cm³/mol. The van der Waals surface area contributed by atoms with Crippen LogP contribution in [0.4, 0.5) is 5.69 Å². The maximum absolute atomic E-state index is 6.08. The van der Waals surface area contributed by atoms with Crippen LogP contribution in [0.2, 0.25) is 10.0 Å². The Kier molecular flexibility index (Phi) is 4.94. The van der Waals surface area contributed by atoms with E-state index in [0.29, 0.717) is 23.2 Å². The van der Waals surface area contributed by atoms with Crippen molar-refractivity contribution in [3.8, 4) is 5.75 Å². The SMILES string of the molecule is Cc1ccccc1OCCNc1cccc(Cl)c1Cl. The van der Waals surface area contributed by atoms with Crippen molar-refractivity contribution in [3.05, 3.63) is 58.1 Å². The van der Waals surface area contributed by atoms with E-state index in [2.05, 4.69) is 5.32 Å². The van der Waals surface area contributed by atoms with E-state index in [1.807, 2.05) is 43.3 Å². The molecule has 19 heavy (non-hydrogen) atoms. The normalized spacial score (nSPS) is 10.3. The molecule has 0 radical (unpaired) electrons. The Hall–Kier alpha value is -1.38. The van der Waals surface area contributed by atoms with Gasteiger partial charge in [-0.15, -0.1) is 0 Å². The van der Waals surface area contributed by atoms with Crippen LogP contribution >= 0.6 is 23.2 Å². The summed E-state index contributed by atoms with van der Waals surface area (Å²) in [5.41, 5.74) is 1.95. The van der Waals surface area contributed by atoms with Crippen molar-refractivity contribution in [3.63, 3.8) is 0 Å². The minimum atomic E-state index is 0.542. The van der Waals surface area contributed by atoms with Gasteiger partial charge in [-0.05, 0) is 30.7 Å². The van der Waals surface area contributed by atoms with Crippen LogP contribution in [0.5, 0.6) is 5.75 Å². The summed E-state index contributed by atoms with van der Waals surface area (Å²) in [7, 11) is 0. The molecule has 2 aromatic carbocycles. The first-order valence-electron chi connectivity index (χ1n) is 6.05. The lowest BCUT2D eigenvalue weighted by atomic mass is 10.2. The number of rotatable bonds is 5. The molecule has 0 unspecified atom stereocenters. The number of aryl methyl sites for hydroxylation is 1. The van der Waals surface area contributed by atoms with Gasteiger partial charge in [0.05, 0.1) is 15.7 Å². The van der Waals surface area contributed by atoms with E-state index in [0.717, 1.165) is 17.0 Å². The second kappa shape index (κ2) is 6.69. The molecule has 0 saturated carbocycles. The molecule has 0 aliphatic heterocycles. The van der Waals surface area contributed by atoms with E-state index < -0.39 is 0 Å². The van der Waals surface area contributed by atoms with Crippen molar-refractivity contribution in [2.24, 2.45) is 0 Å². The summed E-state index contributed by atoms with van der Waals surface area (Å²) in [5, 5.41) is 4.29. The Morgan fingerprint density at radius 1 is 1.05 bits per heavy atom. The minimum absolute atomic E-state index is 0.542. The predicted octanol–water partition coefficient (Wildman–Crippen LogP) is 4.79. The summed E-state index contributed by atoms with van der Waals surface area (Å²) >= 11 is 12.0. The van der Waals surface area contributed by atoms with Crippen molar-refractivity contribution in [1.82, 2.24) is 0 Å². The van der Waals surface area contributed by atoms with E-state index in [-0.39, 0.29) is 0 Å². The number of nitrogens with one attached hydrogen (secondary N) is 1. The Bertz CT molecular complexity index is 558. The van der Waals surface area contributed by atoms with Gasteiger partial charge in [0.1, 0.15) is 12.4 Å². The van der Waals surface area contributed by atoms with Crippen LogP contribution < -0.4 is 10.1 Å². The van der Waals surface area contributed by atoms with E-state index in [1.165, 1.54) is 0 Å². The second-order valence-electron chi connectivity index (χ2n) is 4.14. The van der Waals surface area contributed by atoms with E-state index in [9.17, 15) is 0 Å². The fourth-order valence-electron chi connectivity index (χ4n) is 1.71. The van der Waals surface area contributed by atoms with Crippen LogP contribution in [0, 0.1) is 6.92 Å². The molecular weight excluding hydrogens is 281 g/mol. The zero-order valence-electron chi connectivity index (χ0n) is 10.6. The monoisotopic (exact) mass is 295 g/mol. The maximum atomic E-state index is 6.08. The summed E-state index contributed by atoms with van der Waals surface area (Å²) in [6.45, 7) is 3.25. The molecule has 2 nitrogen and oxygen atoms in total. The summed E-state index contributed by atoms with van der Waals surface area (Å²) < 4.78 is 5.69. The lowest BCUT2D eigenvalue weighted by Crippen LogP contribution is -2.12. The van der Waals surface area contributed by atoms with Crippen LogP contribution in [-0.2, 0) is 0 Å². The van der Waals surface area contributed by atoms with Gasteiger partial charge < -0.3 is 10.1 Å². The Balaban J connectivity index is 1.84. The number of hydrogen-bond donors (Lipinski definition) is 1. The standard InChI is InChI=1S/C15H15Cl2NO/c1-11-5-2-3-8-14(11)19-10-9-18-13-7-4-6-12(16)15(13)17/h2-8,18H,9-10H2,1H3. The fraction of sp³-hybridized carbons (Fsp3) is 0.200.